The van der Waals surface area contributed by atoms with E-state index < -0.39 is 5.97 Å². The molecule has 7 heteroatoms. The average Bonchev–Trinajstić information content (AvgIpc) is 2.48. The first-order chi connectivity index (χ1) is 10.8. The molecule has 0 saturated carbocycles. The number of nitrogens with two attached hydrogens (primary N) is 1. The van der Waals surface area contributed by atoms with Gasteiger partial charge >= 0.3 is 5.97 Å². The van der Waals surface area contributed by atoms with Crippen molar-refractivity contribution in [2.75, 3.05) is 18.1 Å². The smallest absolute Gasteiger partial charge is 0.322 e. The van der Waals surface area contributed by atoms with Gasteiger partial charge in [0.2, 0.25) is 5.91 Å². The fourth-order valence-corrected chi connectivity index (χ4v) is 1.63. The van der Waals surface area contributed by atoms with Crippen molar-refractivity contribution in [1.82, 2.24) is 5.32 Å². The number of carboxylic acids is 1. The summed E-state index contributed by atoms with van der Waals surface area (Å²) in [4.78, 5) is 22.3. The molecule has 0 aliphatic rings. The first-order valence-electron chi connectivity index (χ1n) is 7.60. The Bertz CT molecular complexity index is 386. The van der Waals surface area contributed by atoms with E-state index in [-0.39, 0.29) is 37.8 Å². The van der Waals surface area contributed by atoms with Crippen LogP contribution in [0.4, 0.5) is 0 Å². The highest BCUT2D eigenvalue weighted by Crippen LogP contribution is 2.13. The monoisotopic (exact) mass is 378 g/mol. The van der Waals surface area contributed by atoms with Crippen LogP contribution in [0.1, 0.15) is 34.6 Å². The Labute approximate surface area is 158 Å². The van der Waals surface area contributed by atoms with Gasteiger partial charge in [-0.1, -0.05) is 52.5 Å². The molecule has 0 heterocycles. The van der Waals surface area contributed by atoms with Crippen LogP contribution in [0, 0.1) is 11.8 Å². The van der Waals surface area contributed by atoms with E-state index in [1.165, 1.54) is 0 Å². The van der Waals surface area contributed by atoms with E-state index in [2.05, 4.69) is 30.6 Å². The Hall–Kier alpha value is -0.920. The predicted molar refractivity (Wildman–Crippen MR) is 110 cm³/mol. The molecule has 24 heavy (non-hydrogen) atoms. The molecule has 0 aliphatic heterocycles. The van der Waals surface area contributed by atoms with Crippen LogP contribution in [0.5, 0.6) is 0 Å². The minimum Gasteiger partial charge on any atom is -0.480 e. The van der Waals surface area contributed by atoms with Crippen molar-refractivity contribution in [3.8, 4) is 0 Å². The maximum absolute atomic E-state index is 11.8. The van der Waals surface area contributed by atoms with Crippen LogP contribution >= 0.6 is 25.3 Å². The van der Waals surface area contributed by atoms with Crippen LogP contribution in [0.3, 0.4) is 0 Å². The third-order valence-electron chi connectivity index (χ3n) is 2.64. The van der Waals surface area contributed by atoms with Gasteiger partial charge in [-0.05, 0) is 18.1 Å². The number of carboxylic acid groups (broad SMARTS) is 1. The molecule has 142 valence electrons. The highest BCUT2D eigenvalue weighted by Gasteiger charge is 2.19. The Balaban J connectivity index is -0.00000102. The number of allylic oxidation sites excluding steroid dienone is 2. The Morgan fingerprint density at radius 3 is 2.12 bits per heavy atom. The van der Waals surface area contributed by atoms with Crippen LogP contribution in [-0.4, -0.2) is 41.1 Å². The molecule has 0 bridgehead atoms. The highest BCUT2D eigenvalue weighted by atomic mass is 32.1. The molecule has 1 amide bonds. The van der Waals surface area contributed by atoms with Crippen LogP contribution in [0.15, 0.2) is 24.3 Å². The topological polar surface area (TPSA) is 92.4 Å². The van der Waals surface area contributed by atoms with Gasteiger partial charge in [-0.2, -0.15) is 25.3 Å². The fraction of sp³-hybridized carbons (Fsp3) is 0.647. The zero-order valence-corrected chi connectivity index (χ0v) is 15.9. The van der Waals surface area contributed by atoms with Crippen LogP contribution < -0.4 is 11.1 Å². The molecule has 0 spiro atoms. The first-order valence-corrected chi connectivity index (χ1v) is 8.86. The van der Waals surface area contributed by atoms with Crippen molar-refractivity contribution in [3.63, 3.8) is 0 Å². The molecule has 5 nitrogen and oxygen atoms in total. The Morgan fingerprint density at radius 2 is 1.71 bits per heavy atom. The van der Waals surface area contributed by atoms with Crippen molar-refractivity contribution in [3.05, 3.63) is 24.3 Å². The Kier molecular flexibility index (Phi) is 21.4. The fourth-order valence-electron chi connectivity index (χ4n) is 1.51. The second-order valence-electron chi connectivity index (χ2n) is 5.14. The molecule has 0 rings (SSSR count). The molecular formula is C17H34N2O3S2. The van der Waals surface area contributed by atoms with E-state index in [0.717, 1.165) is 5.75 Å². The summed E-state index contributed by atoms with van der Waals surface area (Å²) in [6, 6.07) is -0.0634. The number of carbonyl (C=O) groups excluding carboxylic acids is 1. The molecule has 0 saturated heterocycles. The van der Waals surface area contributed by atoms with E-state index in [1.54, 1.807) is 6.08 Å². The van der Waals surface area contributed by atoms with Crippen molar-refractivity contribution >= 4 is 37.1 Å². The average molecular weight is 379 g/mol. The minimum absolute atomic E-state index is 0. The van der Waals surface area contributed by atoms with Crippen molar-refractivity contribution in [1.29, 1.82) is 0 Å². The predicted octanol–water partition coefficient (Wildman–Crippen LogP) is 2.79. The lowest BCUT2D eigenvalue weighted by Gasteiger charge is -2.15. The van der Waals surface area contributed by atoms with Crippen LogP contribution in [-0.2, 0) is 9.59 Å². The lowest BCUT2D eigenvalue weighted by atomic mass is 9.94. The van der Waals surface area contributed by atoms with Gasteiger partial charge in [-0.15, -0.1) is 0 Å². The van der Waals surface area contributed by atoms with Gasteiger partial charge in [0.25, 0.3) is 0 Å². The summed E-state index contributed by atoms with van der Waals surface area (Å²) in [5, 5.41) is 10.9. The number of carbonyl (C=O) groups is 2. The summed E-state index contributed by atoms with van der Waals surface area (Å²) in [6.07, 6.45) is 8.15. The summed E-state index contributed by atoms with van der Waals surface area (Å²) < 4.78 is 0. The summed E-state index contributed by atoms with van der Waals surface area (Å²) in [6.45, 7) is 5.47. The molecule has 2 atom stereocenters. The number of nitrogens with one attached hydrogen (secondary N) is 1. The number of rotatable bonds is 9. The zero-order chi connectivity index (χ0) is 18.3. The second-order valence-corrected chi connectivity index (χ2v) is 6.13. The first kappa shape index (κ1) is 27.9. The van der Waals surface area contributed by atoms with Gasteiger partial charge in [-0.25, -0.2) is 0 Å². The summed E-state index contributed by atoms with van der Waals surface area (Å²) in [5.41, 5.74) is 5.67. The molecule has 2 unspecified atom stereocenters. The van der Waals surface area contributed by atoms with Crippen LogP contribution in [0.25, 0.3) is 0 Å². The summed E-state index contributed by atoms with van der Waals surface area (Å²) in [7, 11) is 0. The molecule has 0 aromatic rings. The van der Waals surface area contributed by atoms with Gasteiger partial charge in [0.1, 0.15) is 6.54 Å². The van der Waals surface area contributed by atoms with E-state index in [4.69, 9.17) is 10.8 Å². The van der Waals surface area contributed by atoms with E-state index >= 15 is 0 Å². The van der Waals surface area contributed by atoms with Gasteiger partial charge in [0, 0.05) is 11.8 Å². The number of amides is 1. The van der Waals surface area contributed by atoms with Crippen molar-refractivity contribution < 1.29 is 14.7 Å². The quantitative estimate of drug-likeness (QED) is 0.315. The number of thiol groups is 2. The molecule has 0 fully saturated rings. The lowest BCUT2D eigenvalue weighted by Crippen LogP contribution is -2.35. The van der Waals surface area contributed by atoms with Gasteiger partial charge in [0.15, 0.2) is 0 Å². The number of aliphatic carboxylic acids is 1. The number of hydrogen-bond acceptors (Lipinski definition) is 5. The zero-order valence-electron chi connectivity index (χ0n) is 14.1. The van der Waals surface area contributed by atoms with Gasteiger partial charge in [-0.3, -0.25) is 9.59 Å². The SMILES string of the molecule is C.CC(C)C(/C=C/C/C=C/C(N)CS)C(=O)NCC(=O)O.CCS. The highest BCUT2D eigenvalue weighted by molar-refractivity contribution is 7.80. The largest absolute Gasteiger partial charge is 0.480 e. The lowest BCUT2D eigenvalue weighted by molar-refractivity contribution is -0.138. The molecule has 0 aromatic carbocycles. The maximum atomic E-state index is 11.8. The standard InChI is InChI=1S/C14H24N2O3S.C2H6S.CH4/c1-10(2)12(14(19)16-8-13(17)18)7-5-3-4-6-11(15)9-20;1-2-3;/h4-7,10-12,20H,3,8-9,15H2,1-2H3,(H,16,19)(H,17,18);3H,2H2,1H3;1H4/b6-4+,7-5+;;. The maximum Gasteiger partial charge on any atom is 0.322 e. The molecule has 0 aromatic heterocycles. The summed E-state index contributed by atoms with van der Waals surface area (Å²) >= 11 is 7.86. The molecular weight excluding hydrogens is 344 g/mol. The number of hydrogen-bond donors (Lipinski definition) is 5. The van der Waals surface area contributed by atoms with Crippen molar-refractivity contribution in [2.45, 2.75) is 40.7 Å². The molecule has 0 aliphatic carbocycles. The van der Waals surface area contributed by atoms with Gasteiger partial charge in [0.05, 0.1) is 5.92 Å². The third-order valence-corrected chi connectivity index (χ3v) is 3.07. The molecule has 4 N–H and O–H groups in total. The minimum atomic E-state index is -1.05. The third kappa shape index (κ3) is 17.4. The van der Waals surface area contributed by atoms with Crippen molar-refractivity contribution in [2.24, 2.45) is 17.6 Å². The Morgan fingerprint density at radius 1 is 1.21 bits per heavy atom. The van der Waals surface area contributed by atoms with E-state index in [9.17, 15) is 9.59 Å². The van der Waals surface area contributed by atoms with E-state index in [0.29, 0.717) is 12.2 Å². The van der Waals surface area contributed by atoms with Crippen LogP contribution in [0.2, 0.25) is 0 Å². The van der Waals surface area contributed by atoms with Gasteiger partial charge < -0.3 is 16.2 Å². The molecule has 0 radical (unpaired) electrons. The second kappa shape index (κ2) is 18.4. The normalized spacial score (nSPS) is 13.1. The van der Waals surface area contributed by atoms with E-state index in [1.807, 2.05) is 39.0 Å². The summed E-state index contributed by atoms with van der Waals surface area (Å²) in [5.74, 6) is -0.0138.